The van der Waals surface area contributed by atoms with Crippen LogP contribution in [0.25, 0.3) is 0 Å². The largest absolute Gasteiger partial charge is 0.417 e. The number of carbonyl (C=O) groups is 1. The van der Waals surface area contributed by atoms with Crippen molar-refractivity contribution in [3.8, 4) is 0 Å². The number of hydrogen-bond donors (Lipinski definition) is 2. The molecule has 25 heavy (non-hydrogen) atoms. The Morgan fingerprint density at radius 3 is 2.64 bits per heavy atom. The van der Waals surface area contributed by atoms with Crippen LogP contribution in [0.1, 0.15) is 18.4 Å². The Morgan fingerprint density at radius 1 is 1.36 bits per heavy atom. The highest BCUT2D eigenvalue weighted by atomic mass is 19.4. The van der Waals surface area contributed by atoms with Crippen molar-refractivity contribution in [3.63, 3.8) is 0 Å². The van der Waals surface area contributed by atoms with Crippen LogP contribution < -0.4 is 15.5 Å². The lowest BCUT2D eigenvalue weighted by Gasteiger charge is -2.33. The lowest BCUT2D eigenvalue weighted by molar-refractivity contribution is -0.137. The molecule has 0 aliphatic carbocycles. The number of amides is 1. The molecule has 2 N–H and O–H groups in total. The van der Waals surface area contributed by atoms with E-state index in [1.165, 1.54) is 6.07 Å². The van der Waals surface area contributed by atoms with Gasteiger partial charge in [0.15, 0.2) is 0 Å². The summed E-state index contributed by atoms with van der Waals surface area (Å²) in [5.41, 5.74) is -0.751. The second kappa shape index (κ2) is 9.00. The molecule has 1 aromatic heterocycles. The summed E-state index contributed by atoms with van der Waals surface area (Å²) in [6.45, 7) is 2.68. The van der Waals surface area contributed by atoms with Gasteiger partial charge in [0.25, 0.3) is 0 Å². The molecule has 0 spiro atoms. The molecular weight excluding hydrogens is 337 g/mol. The maximum atomic E-state index is 12.6. The van der Waals surface area contributed by atoms with Crippen molar-refractivity contribution >= 4 is 11.7 Å². The number of nitrogens with zero attached hydrogens (tertiary/aromatic N) is 2. The predicted octanol–water partition coefficient (Wildman–Crippen LogP) is 1.42. The molecule has 1 aromatic rings. The van der Waals surface area contributed by atoms with Crippen molar-refractivity contribution in [2.45, 2.75) is 25.1 Å². The van der Waals surface area contributed by atoms with Crippen LogP contribution in [0.15, 0.2) is 18.3 Å². The van der Waals surface area contributed by atoms with Gasteiger partial charge in [0.05, 0.1) is 18.7 Å². The van der Waals surface area contributed by atoms with E-state index in [4.69, 9.17) is 4.74 Å². The van der Waals surface area contributed by atoms with Gasteiger partial charge in [-0.25, -0.2) is 4.98 Å². The first-order chi connectivity index (χ1) is 11.9. The van der Waals surface area contributed by atoms with Gasteiger partial charge in [0.1, 0.15) is 5.82 Å². The molecule has 0 saturated carbocycles. The predicted molar refractivity (Wildman–Crippen MR) is 87.4 cm³/mol. The van der Waals surface area contributed by atoms with Crippen molar-refractivity contribution < 1.29 is 22.7 Å². The van der Waals surface area contributed by atoms with E-state index < -0.39 is 11.7 Å². The molecule has 9 heteroatoms. The normalized spacial score (nSPS) is 16.1. The standard InChI is InChI=1S/C16H23F3N4O2/c1-25-9-6-20-11-15(24)22-13-4-7-23(8-5-13)14-3-2-12(10-21-14)16(17,18)19/h2-3,10,13,20H,4-9,11H2,1H3,(H,22,24). The maximum Gasteiger partial charge on any atom is 0.417 e. The Balaban J connectivity index is 1.75. The fraction of sp³-hybridized carbons (Fsp3) is 0.625. The fourth-order valence-corrected chi connectivity index (χ4v) is 2.65. The van der Waals surface area contributed by atoms with Gasteiger partial charge in [-0.2, -0.15) is 13.2 Å². The van der Waals surface area contributed by atoms with Crippen molar-refractivity contribution in [2.75, 3.05) is 44.8 Å². The van der Waals surface area contributed by atoms with Crippen molar-refractivity contribution in [1.82, 2.24) is 15.6 Å². The van der Waals surface area contributed by atoms with Crippen LogP contribution in [0.3, 0.4) is 0 Å². The van der Waals surface area contributed by atoms with E-state index in [2.05, 4.69) is 15.6 Å². The van der Waals surface area contributed by atoms with Gasteiger partial charge in [-0.05, 0) is 25.0 Å². The van der Waals surface area contributed by atoms with E-state index in [0.717, 1.165) is 25.1 Å². The monoisotopic (exact) mass is 360 g/mol. The number of halogens is 3. The number of nitrogens with one attached hydrogen (secondary N) is 2. The number of ether oxygens (including phenoxy) is 1. The van der Waals surface area contributed by atoms with Crippen LogP contribution in [0.2, 0.25) is 0 Å². The third kappa shape index (κ3) is 6.17. The Morgan fingerprint density at radius 2 is 2.08 bits per heavy atom. The average molecular weight is 360 g/mol. The van der Waals surface area contributed by atoms with E-state index in [1.807, 2.05) is 4.90 Å². The Labute approximate surface area is 144 Å². The number of hydrogen-bond acceptors (Lipinski definition) is 5. The van der Waals surface area contributed by atoms with Gasteiger partial charge in [-0.3, -0.25) is 4.79 Å². The summed E-state index contributed by atoms with van der Waals surface area (Å²) in [7, 11) is 1.60. The van der Waals surface area contributed by atoms with Crippen LogP contribution in [0.5, 0.6) is 0 Å². The molecule has 1 aliphatic rings. The highest BCUT2D eigenvalue weighted by Crippen LogP contribution is 2.29. The number of anilines is 1. The molecule has 0 aromatic carbocycles. The molecule has 1 amide bonds. The van der Waals surface area contributed by atoms with Crippen LogP contribution in [0, 0.1) is 0 Å². The number of pyridine rings is 1. The van der Waals surface area contributed by atoms with E-state index in [9.17, 15) is 18.0 Å². The molecule has 1 aliphatic heterocycles. The molecule has 1 fully saturated rings. The van der Waals surface area contributed by atoms with Gasteiger partial charge < -0.3 is 20.3 Å². The molecule has 0 bridgehead atoms. The smallest absolute Gasteiger partial charge is 0.383 e. The number of methoxy groups -OCH3 is 1. The van der Waals surface area contributed by atoms with Crippen molar-refractivity contribution in [2.24, 2.45) is 0 Å². The highest BCUT2D eigenvalue weighted by Gasteiger charge is 2.31. The first kappa shape index (κ1) is 19.5. The summed E-state index contributed by atoms with van der Waals surface area (Å²) in [5.74, 6) is 0.459. The first-order valence-electron chi connectivity index (χ1n) is 8.17. The zero-order chi connectivity index (χ0) is 18.3. The highest BCUT2D eigenvalue weighted by molar-refractivity contribution is 5.78. The SMILES string of the molecule is COCCNCC(=O)NC1CCN(c2ccc(C(F)(F)F)cn2)CC1. The topological polar surface area (TPSA) is 66.5 Å². The summed E-state index contributed by atoms with van der Waals surface area (Å²) in [4.78, 5) is 17.7. The van der Waals surface area contributed by atoms with E-state index in [0.29, 0.717) is 32.1 Å². The number of alkyl halides is 3. The van der Waals surface area contributed by atoms with E-state index >= 15 is 0 Å². The third-order valence-corrected chi connectivity index (χ3v) is 4.03. The number of rotatable bonds is 7. The summed E-state index contributed by atoms with van der Waals surface area (Å²) in [6.07, 6.45) is -2.06. The van der Waals surface area contributed by atoms with Gasteiger partial charge in [0, 0.05) is 39.0 Å². The zero-order valence-corrected chi connectivity index (χ0v) is 14.1. The molecule has 2 heterocycles. The summed E-state index contributed by atoms with van der Waals surface area (Å²) in [5, 5.41) is 5.94. The van der Waals surface area contributed by atoms with Gasteiger partial charge >= 0.3 is 6.18 Å². The quantitative estimate of drug-likeness (QED) is 0.720. The molecule has 2 rings (SSSR count). The van der Waals surface area contributed by atoms with E-state index in [-0.39, 0.29) is 18.5 Å². The average Bonchev–Trinajstić information content (AvgIpc) is 2.59. The van der Waals surface area contributed by atoms with Crippen LogP contribution in [-0.4, -0.2) is 56.8 Å². The summed E-state index contributed by atoms with van der Waals surface area (Å²) < 4.78 is 42.6. The number of carbonyl (C=O) groups excluding carboxylic acids is 1. The van der Waals surface area contributed by atoms with Gasteiger partial charge in [0.2, 0.25) is 5.91 Å². The van der Waals surface area contributed by atoms with Gasteiger partial charge in [-0.15, -0.1) is 0 Å². The summed E-state index contributed by atoms with van der Waals surface area (Å²) in [6, 6.07) is 2.51. The van der Waals surface area contributed by atoms with Crippen molar-refractivity contribution in [3.05, 3.63) is 23.9 Å². The maximum absolute atomic E-state index is 12.6. The molecule has 1 saturated heterocycles. The van der Waals surface area contributed by atoms with Crippen LogP contribution in [-0.2, 0) is 15.7 Å². The molecule has 140 valence electrons. The number of aromatic nitrogens is 1. The molecule has 0 unspecified atom stereocenters. The lowest BCUT2D eigenvalue weighted by Crippen LogP contribution is -2.47. The minimum Gasteiger partial charge on any atom is -0.383 e. The molecule has 0 radical (unpaired) electrons. The minimum absolute atomic E-state index is 0.0674. The van der Waals surface area contributed by atoms with Gasteiger partial charge in [-0.1, -0.05) is 0 Å². The first-order valence-corrected chi connectivity index (χ1v) is 8.17. The zero-order valence-electron chi connectivity index (χ0n) is 14.1. The molecule has 0 atom stereocenters. The van der Waals surface area contributed by atoms with E-state index in [1.54, 1.807) is 7.11 Å². The Bertz CT molecular complexity index is 543. The second-order valence-electron chi connectivity index (χ2n) is 5.90. The summed E-state index contributed by atoms with van der Waals surface area (Å²) >= 11 is 0. The minimum atomic E-state index is -4.37. The Hall–Kier alpha value is -1.87. The number of piperidine rings is 1. The van der Waals surface area contributed by atoms with Crippen LogP contribution in [0.4, 0.5) is 19.0 Å². The van der Waals surface area contributed by atoms with Crippen LogP contribution >= 0.6 is 0 Å². The third-order valence-electron chi connectivity index (χ3n) is 4.03. The molecular formula is C16H23F3N4O2. The fourth-order valence-electron chi connectivity index (χ4n) is 2.65. The Kier molecular flexibility index (Phi) is 7.01. The lowest BCUT2D eigenvalue weighted by atomic mass is 10.0. The second-order valence-corrected chi connectivity index (χ2v) is 5.90. The van der Waals surface area contributed by atoms with Crippen molar-refractivity contribution in [1.29, 1.82) is 0 Å². The molecule has 6 nitrogen and oxygen atoms in total.